The number of anilines is 1. The van der Waals surface area contributed by atoms with Gasteiger partial charge >= 0.3 is 0 Å². The van der Waals surface area contributed by atoms with Gasteiger partial charge in [-0.25, -0.2) is 4.39 Å². The van der Waals surface area contributed by atoms with Crippen molar-refractivity contribution in [2.24, 2.45) is 0 Å². The second-order valence-corrected chi connectivity index (χ2v) is 5.18. The van der Waals surface area contributed by atoms with Crippen molar-refractivity contribution in [3.05, 3.63) is 69.5 Å². The Bertz CT molecular complexity index is 693. The molecule has 0 saturated carbocycles. The lowest BCUT2D eigenvalue weighted by atomic mass is 10.2. The molecule has 0 aliphatic heterocycles. The lowest BCUT2D eigenvalue weighted by Gasteiger charge is -2.07. The molecule has 0 spiro atoms. The lowest BCUT2D eigenvalue weighted by molar-refractivity contribution is -0.111. The van der Waals surface area contributed by atoms with Crippen LogP contribution in [0.1, 0.15) is 11.1 Å². The Morgan fingerprint density at radius 3 is 2.52 bits per heavy atom. The van der Waals surface area contributed by atoms with Gasteiger partial charge < -0.3 is 5.32 Å². The van der Waals surface area contributed by atoms with Gasteiger partial charge in [0, 0.05) is 22.3 Å². The van der Waals surface area contributed by atoms with E-state index in [0.717, 1.165) is 5.56 Å². The SMILES string of the molecule is Cc1c(Cl)cccc1NC(=O)/C=C/c1c(F)cccc1Cl. The largest absolute Gasteiger partial charge is 0.322 e. The minimum Gasteiger partial charge on any atom is -0.322 e. The second-order valence-electron chi connectivity index (χ2n) is 4.37. The molecule has 1 N–H and O–H groups in total. The number of nitrogens with one attached hydrogen (secondary N) is 1. The van der Waals surface area contributed by atoms with E-state index in [1.807, 2.05) is 0 Å². The van der Waals surface area contributed by atoms with E-state index in [9.17, 15) is 9.18 Å². The minimum atomic E-state index is -0.481. The molecule has 0 aromatic heterocycles. The van der Waals surface area contributed by atoms with Crippen molar-refractivity contribution in [2.75, 3.05) is 5.32 Å². The van der Waals surface area contributed by atoms with Crippen LogP contribution in [-0.2, 0) is 4.79 Å². The third kappa shape index (κ3) is 3.84. The van der Waals surface area contributed by atoms with Crippen LogP contribution in [0, 0.1) is 12.7 Å². The Labute approximate surface area is 132 Å². The summed E-state index contributed by atoms with van der Waals surface area (Å²) in [6, 6.07) is 9.56. The first-order valence-corrected chi connectivity index (χ1v) is 6.93. The number of rotatable bonds is 3. The van der Waals surface area contributed by atoms with E-state index in [-0.39, 0.29) is 16.5 Å². The van der Waals surface area contributed by atoms with Gasteiger partial charge in [0.1, 0.15) is 5.82 Å². The Balaban J connectivity index is 2.15. The van der Waals surface area contributed by atoms with Crippen LogP contribution in [0.3, 0.4) is 0 Å². The van der Waals surface area contributed by atoms with E-state index in [1.54, 1.807) is 31.2 Å². The molecule has 0 aliphatic carbocycles. The van der Waals surface area contributed by atoms with E-state index in [4.69, 9.17) is 23.2 Å². The van der Waals surface area contributed by atoms with Crippen molar-refractivity contribution in [1.82, 2.24) is 0 Å². The molecule has 0 saturated heterocycles. The zero-order valence-corrected chi connectivity index (χ0v) is 12.7. The van der Waals surface area contributed by atoms with E-state index in [0.29, 0.717) is 10.7 Å². The highest BCUT2D eigenvalue weighted by Crippen LogP contribution is 2.23. The van der Waals surface area contributed by atoms with Crippen molar-refractivity contribution in [3.8, 4) is 0 Å². The van der Waals surface area contributed by atoms with Crippen molar-refractivity contribution in [1.29, 1.82) is 0 Å². The van der Waals surface area contributed by atoms with Gasteiger partial charge in [0.05, 0.1) is 5.02 Å². The van der Waals surface area contributed by atoms with Crippen LogP contribution in [-0.4, -0.2) is 5.91 Å². The number of carbonyl (C=O) groups is 1. The van der Waals surface area contributed by atoms with E-state index in [2.05, 4.69) is 5.32 Å². The molecular formula is C16H12Cl2FNO. The number of benzene rings is 2. The predicted octanol–water partition coefficient (Wildman–Crippen LogP) is 5.09. The maximum absolute atomic E-state index is 13.6. The highest BCUT2D eigenvalue weighted by molar-refractivity contribution is 6.32. The molecule has 0 bridgehead atoms. The molecule has 0 atom stereocenters. The van der Waals surface area contributed by atoms with Crippen LogP contribution in [0.25, 0.3) is 6.08 Å². The van der Waals surface area contributed by atoms with Crippen LogP contribution >= 0.6 is 23.2 Å². The first-order chi connectivity index (χ1) is 9.99. The van der Waals surface area contributed by atoms with Crippen molar-refractivity contribution < 1.29 is 9.18 Å². The summed E-state index contributed by atoms with van der Waals surface area (Å²) in [4.78, 5) is 11.9. The van der Waals surface area contributed by atoms with E-state index < -0.39 is 5.82 Å². The summed E-state index contributed by atoms with van der Waals surface area (Å²) in [5, 5.41) is 3.50. The van der Waals surface area contributed by atoms with Crippen molar-refractivity contribution in [3.63, 3.8) is 0 Å². The highest BCUT2D eigenvalue weighted by atomic mass is 35.5. The molecule has 5 heteroatoms. The monoisotopic (exact) mass is 323 g/mol. The van der Waals surface area contributed by atoms with Crippen LogP contribution in [0.4, 0.5) is 10.1 Å². The summed E-state index contributed by atoms with van der Waals surface area (Å²) in [5.41, 5.74) is 1.55. The summed E-state index contributed by atoms with van der Waals surface area (Å²) in [7, 11) is 0. The van der Waals surface area contributed by atoms with Gasteiger partial charge in [-0.2, -0.15) is 0 Å². The molecule has 2 aromatic rings. The molecule has 2 rings (SSSR count). The second kappa shape index (κ2) is 6.74. The zero-order valence-electron chi connectivity index (χ0n) is 11.2. The smallest absolute Gasteiger partial charge is 0.248 e. The molecule has 0 heterocycles. The summed E-state index contributed by atoms with van der Waals surface area (Å²) in [6.07, 6.45) is 2.57. The van der Waals surface area contributed by atoms with Gasteiger partial charge in [-0.1, -0.05) is 35.3 Å². The zero-order chi connectivity index (χ0) is 15.4. The van der Waals surface area contributed by atoms with Crippen LogP contribution in [0.5, 0.6) is 0 Å². The van der Waals surface area contributed by atoms with Gasteiger partial charge in [0.15, 0.2) is 0 Å². The summed E-state index contributed by atoms with van der Waals surface area (Å²) >= 11 is 11.9. The summed E-state index contributed by atoms with van der Waals surface area (Å²) < 4.78 is 13.6. The van der Waals surface area contributed by atoms with Gasteiger partial charge in [0.25, 0.3) is 0 Å². The fraction of sp³-hybridized carbons (Fsp3) is 0.0625. The first-order valence-electron chi connectivity index (χ1n) is 6.17. The normalized spacial score (nSPS) is 10.9. The number of hydrogen-bond donors (Lipinski definition) is 1. The van der Waals surface area contributed by atoms with Crippen LogP contribution < -0.4 is 5.32 Å². The Hall–Kier alpha value is -1.84. The number of carbonyl (C=O) groups excluding carboxylic acids is 1. The lowest BCUT2D eigenvalue weighted by Crippen LogP contribution is -2.09. The predicted molar refractivity (Wildman–Crippen MR) is 85.3 cm³/mol. The minimum absolute atomic E-state index is 0.178. The molecule has 0 fully saturated rings. The van der Waals surface area contributed by atoms with Gasteiger partial charge in [-0.05, 0) is 42.8 Å². The molecule has 0 radical (unpaired) electrons. The Morgan fingerprint density at radius 1 is 1.14 bits per heavy atom. The molecule has 108 valence electrons. The van der Waals surface area contributed by atoms with Crippen molar-refractivity contribution in [2.45, 2.75) is 6.92 Å². The first kappa shape index (κ1) is 15.5. The molecule has 1 amide bonds. The number of hydrogen-bond acceptors (Lipinski definition) is 1. The molecule has 0 unspecified atom stereocenters. The third-order valence-electron chi connectivity index (χ3n) is 2.93. The van der Waals surface area contributed by atoms with Gasteiger partial charge in [-0.3, -0.25) is 4.79 Å². The van der Waals surface area contributed by atoms with Crippen LogP contribution in [0.2, 0.25) is 10.0 Å². The highest BCUT2D eigenvalue weighted by Gasteiger charge is 2.06. The number of amides is 1. The van der Waals surface area contributed by atoms with Gasteiger partial charge in [-0.15, -0.1) is 0 Å². The Morgan fingerprint density at radius 2 is 1.81 bits per heavy atom. The van der Waals surface area contributed by atoms with Gasteiger partial charge in [0.2, 0.25) is 5.91 Å². The standard InChI is InChI=1S/C16H12Cl2FNO/c1-10-12(17)4-3-7-15(10)20-16(21)9-8-11-13(18)5-2-6-14(11)19/h2-9H,1H3,(H,20,21)/b9-8+. The quantitative estimate of drug-likeness (QED) is 0.783. The Kier molecular flexibility index (Phi) is 4.99. The molecule has 21 heavy (non-hydrogen) atoms. The van der Waals surface area contributed by atoms with E-state index in [1.165, 1.54) is 24.3 Å². The van der Waals surface area contributed by atoms with E-state index >= 15 is 0 Å². The fourth-order valence-electron chi connectivity index (χ4n) is 1.75. The van der Waals surface area contributed by atoms with Crippen molar-refractivity contribution >= 4 is 40.9 Å². The summed E-state index contributed by atoms with van der Waals surface area (Å²) in [5.74, 6) is -0.870. The average Bonchev–Trinajstić information content (AvgIpc) is 2.43. The molecule has 0 aliphatic rings. The van der Waals surface area contributed by atoms with Crippen LogP contribution in [0.15, 0.2) is 42.5 Å². The number of halogens is 3. The maximum atomic E-state index is 13.6. The fourth-order valence-corrected chi connectivity index (χ4v) is 2.15. The topological polar surface area (TPSA) is 29.1 Å². The average molecular weight is 324 g/mol. The molecular weight excluding hydrogens is 312 g/mol. The third-order valence-corrected chi connectivity index (χ3v) is 3.67. The summed E-state index contributed by atoms with van der Waals surface area (Å²) in [6.45, 7) is 1.80. The maximum Gasteiger partial charge on any atom is 0.248 e. The molecule has 2 nitrogen and oxygen atoms in total. The molecule has 2 aromatic carbocycles.